The highest BCUT2D eigenvalue weighted by Gasteiger charge is 2.18. The van der Waals surface area contributed by atoms with Crippen LogP contribution in [0.5, 0.6) is 0 Å². The molecule has 2 rings (SSSR count). The molecule has 1 heterocycles. The van der Waals surface area contributed by atoms with Crippen molar-refractivity contribution in [3.8, 4) is 0 Å². The minimum atomic E-state index is -0.00894. The predicted molar refractivity (Wildman–Crippen MR) is 81.2 cm³/mol. The Morgan fingerprint density at radius 1 is 1.47 bits per heavy atom. The summed E-state index contributed by atoms with van der Waals surface area (Å²) >= 11 is 7.67. The molecule has 1 aromatic carbocycles. The third-order valence-electron chi connectivity index (χ3n) is 3.16. The van der Waals surface area contributed by atoms with Crippen LogP contribution in [0, 0.1) is 0 Å². The van der Waals surface area contributed by atoms with Crippen molar-refractivity contribution in [1.29, 1.82) is 0 Å². The van der Waals surface area contributed by atoms with Crippen LogP contribution in [-0.2, 0) is 0 Å². The first kappa shape index (κ1) is 14.7. The zero-order valence-electron chi connectivity index (χ0n) is 11.0. The Balaban J connectivity index is 2.10. The number of halogens is 1. The van der Waals surface area contributed by atoms with Crippen molar-refractivity contribution in [2.45, 2.75) is 30.7 Å². The summed E-state index contributed by atoms with van der Waals surface area (Å²) in [7, 11) is 0. The van der Waals surface area contributed by atoms with Gasteiger partial charge in [-0.15, -0.1) is 11.8 Å². The third kappa shape index (κ3) is 4.13. The lowest BCUT2D eigenvalue weighted by atomic mass is 10.1. The van der Waals surface area contributed by atoms with Gasteiger partial charge in [-0.25, -0.2) is 0 Å². The predicted octanol–water partition coefficient (Wildman–Crippen LogP) is 2.93. The Labute approximate surface area is 123 Å². The lowest BCUT2D eigenvalue weighted by molar-refractivity contribution is 0.0926. The molecule has 2 N–H and O–H groups in total. The van der Waals surface area contributed by atoms with Gasteiger partial charge in [0.15, 0.2) is 0 Å². The number of hydrogen-bond donors (Lipinski definition) is 2. The first-order chi connectivity index (χ1) is 9.20. The molecule has 0 unspecified atom stereocenters. The standard InChI is InChI=1S/C14H19ClN2OS/c1-2-19-13-4-3-10(15)9-12(13)14(18)17-11-5-7-16-8-6-11/h3-4,9,11,16H,2,5-8H2,1H3,(H,17,18). The van der Waals surface area contributed by atoms with Gasteiger partial charge < -0.3 is 10.6 Å². The number of carbonyl (C=O) groups is 1. The van der Waals surface area contributed by atoms with E-state index in [1.165, 1.54) is 0 Å². The van der Waals surface area contributed by atoms with Crippen molar-refractivity contribution in [2.24, 2.45) is 0 Å². The topological polar surface area (TPSA) is 41.1 Å². The van der Waals surface area contributed by atoms with Crippen LogP contribution in [0.25, 0.3) is 0 Å². The monoisotopic (exact) mass is 298 g/mol. The fourth-order valence-corrected chi connectivity index (χ4v) is 3.14. The third-order valence-corrected chi connectivity index (χ3v) is 4.35. The van der Waals surface area contributed by atoms with Gasteiger partial charge >= 0.3 is 0 Å². The van der Waals surface area contributed by atoms with E-state index in [-0.39, 0.29) is 11.9 Å². The Bertz CT molecular complexity index is 447. The molecule has 1 aliphatic rings. The molecule has 1 amide bonds. The van der Waals surface area contributed by atoms with Gasteiger partial charge in [-0.05, 0) is 49.9 Å². The highest BCUT2D eigenvalue weighted by Crippen LogP contribution is 2.25. The van der Waals surface area contributed by atoms with Crippen molar-refractivity contribution in [3.05, 3.63) is 28.8 Å². The number of rotatable bonds is 4. The largest absolute Gasteiger partial charge is 0.349 e. The molecule has 0 radical (unpaired) electrons. The number of amides is 1. The molecule has 0 bridgehead atoms. The Morgan fingerprint density at radius 2 is 2.21 bits per heavy atom. The SMILES string of the molecule is CCSc1ccc(Cl)cc1C(=O)NC1CCNCC1. The molecule has 0 aromatic heterocycles. The van der Waals surface area contributed by atoms with Crippen LogP contribution in [-0.4, -0.2) is 30.8 Å². The van der Waals surface area contributed by atoms with Crippen LogP contribution < -0.4 is 10.6 Å². The first-order valence-electron chi connectivity index (χ1n) is 6.64. The number of nitrogens with one attached hydrogen (secondary N) is 2. The van der Waals surface area contributed by atoms with Gasteiger partial charge in [0, 0.05) is 16.0 Å². The van der Waals surface area contributed by atoms with Gasteiger partial charge in [-0.2, -0.15) is 0 Å². The summed E-state index contributed by atoms with van der Waals surface area (Å²) in [5, 5.41) is 7.01. The second-order valence-corrected chi connectivity index (χ2v) is 6.31. The smallest absolute Gasteiger partial charge is 0.252 e. The minimum absolute atomic E-state index is 0.00894. The van der Waals surface area contributed by atoms with Crippen LogP contribution >= 0.6 is 23.4 Å². The summed E-state index contributed by atoms with van der Waals surface area (Å²) in [6, 6.07) is 5.79. The van der Waals surface area contributed by atoms with Crippen LogP contribution in [0.1, 0.15) is 30.1 Å². The normalized spacial score (nSPS) is 16.3. The minimum Gasteiger partial charge on any atom is -0.349 e. The molecular formula is C14H19ClN2OS. The van der Waals surface area contributed by atoms with Crippen molar-refractivity contribution >= 4 is 29.3 Å². The molecular weight excluding hydrogens is 280 g/mol. The lowest BCUT2D eigenvalue weighted by Crippen LogP contribution is -2.42. The summed E-state index contributed by atoms with van der Waals surface area (Å²) in [6.45, 7) is 4.02. The summed E-state index contributed by atoms with van der Waals surface area (Å²) < 4.78 is 0. The first-order valence-corrected chi connectivity index (χ1v) is 8.01. The van der Waals surface area contributed by atoms with Crippen molar-refractivity contribution in [1.82, 2.24) is 10.6 Å². The van der Waals surface area contributed by atoms with Crippen molar-refractivity contribution in [3.63, 3.8) is 0 Å². The van der Waals surface area contributed by atoms with Gasteiger partial charge in [0.05, 0.1) is 5.56 Å². The number of thioether (sulfide) groups is 1. The summed E-state index contributed by atoms with van der Waals surface area (Å²) in [6.07, 6.45) is 1.98. The van der Waals surface area contributed by atoms with Gasteiger partial charge in [-0.1, -0.05) is 18.5 Å². The van der Waals surface area contributed by atoms with Gasteiger partial charge in [0.2, 0.25) is 0 Å². The number of piperidine rings is 1. The highest BCUT2D eigenvalue weighted by atomic mass is 35.5. The van der Waals surface area contributed by atoms with E-state index in [1.807, 2.05) is 12.1 Å². The molecule has 3 nitrogen and oxygen atoms in total. The van der Waals surface area contributed by atoms with Crippen molar-refractivity contribution in [2.75, 3.05) is 18.8 Å². The maximum atomic E-state index is 12.4. The zero-order valence-corrected chi connectivity index (χ0v) is 12.6. The van der Waals surface area contributed by atoms with Crippen LogP contribution in [0.15, 0.2) is 23.1 Å². The lowest BCUT2D eigenvalue weighted by Gasteiger charge is -2.24. The maximum absolute atomic E-state index is 12.4. The molecule has 1 aliphatic heterocycles. The fourth-order valence-electron chi connectivity index (χ4n) is 2.19. The molecule has 0 spiro atoms. The molecule has 5 heteroatoms. The van der Waals surface area contributed by atoms with Crippen LogP contribution in [0.4, 0.5) is 0 Å². The summed E-state index contributed by atoms with van der Waals surface area (Å²) in [5.41, 5.74) is 0.692. The summed E-state index contributed by atoms with van der Waals surface area (Å²) in [4.78, 5) is 13.4. The van der Waals surface area contributed by atoms with E-state index < -0.39 is 0 Å². The van der Waals surface area contributed by atoms with Gasteiger partial charge in [0.25, 0.3) is 5.91 Å². The Morgan fingerprint density at radius 3 is 2.89 bits per heavy atom. The van der Waals surface area contributed by atoms with E-state index in [1.54, 1.807) is 17.8 Å². The number of hydrogen-bond acceptors (Lipinski definition) is 3. The second-order valence-electron chi connectivity index (χ2n) is 4.57. The van der Waals surface area contributed by atoms with Crippen molar-refractivity contribution < 1.29 is 4.79 Å². The molecule has 1 fully saturated rings. The maximum Gasteiger partial charge on any atom is 0.252 e. The average molecular weight is 299 g/mol. The van der Waals surface area contributed by atoms with E-state index in [2.05, 4.69) is 17.6 Å². The van der Waals surface area contributed by atoms with E-state index in [0.29, 0.717) is 10.6 Å². The molecule has 19 heavy (non-hydrogen) atoms. The van der Waals surface area contributed by atoms with Gasteiger partial charge in [-0.3, -0.25) is 4.79 Å². The Hall–Kier alpha value is -0.710. The van der Waals surface area contributed by atoms with Crippen LogP contribution in [0.2, 0.25) is 5.02 Å². The number of carbonyl (C=O) groups excluding carboxylic acids is 1. The fraction of sp³-hybridized carbons (Fsp3) is 0.500. The average Bonchev–Trinajstić information content (AvgIpc) is 2.42. The van der Waals surface area contributed by atoms with Crippen LogP contribution in [0.3, 0.4) is 0 Å². The summed E-state index contributed by atoms with van der Waals surface area (Å²) in [5.74, 6) is 0.931. The zero-order chi connectivity index (χ0) is 13.7. The van der Waals surface area contributed by atoms with E-state index >= 15 is 0 Å². The molecule has 0 aliphatic carbocycles. The van der Waals surface area contributed by atoms with E-state index in [9.17, 15) is 4.79 Å². The second kappa shape index (κ2) is 7.17. The van der Waals surface area contributed by atoms with E-state index in [0.717, 1.165) is 36.6 Å². The molecule has 104 valence electrons. The highest BCUT2D eigenvalue weighted by molar-refractivity contribution is 7.99. The Kier molecular flexibility index (Phi) is 5.55. The molecule has 1 saturated heterocycles. The van der Waals surface area contributed by atoms with Gasteiger partial charge in [0.1, 0.15) is 0 Å². The molecule has 0 atom stereocenters. The van der Waals surface area contributed by atoms with E-state index in [4.69, 9.17) is 11.6 Å². The molecule has 0 saturated carbocycles. The number of benzene rings is 1. The molecule has 1 aromatic rings. The quantitative estimate of drug-likeness (QED) is 0.840.